The van der Waals surface area contributed by atoms with Crippen LogP contribution in [0.1, 0.15) is 46.5 Å². The van der Waals surface area contributed by atoms with Crippen LogP contribution in [0.3, 0.4) is 0 Å². The smallest absolute Gasteiger partial charge is 0.0553 e. The highest BCUT2D eigenvalue weighted by atomic mass is 79.9. The van der Waals surface area contributed by atoms with Gasteiger partial charge in [0.15, 0.2) is 0 Å². The maximum Gasteiger partial charge on any atom is 0.0553 e. The standard InChI is InChI=1S/C11H21BrO/c1-4-5-11(12)10-6-8(2)13-9(3)7-10/h8-11H,4-7H2,1-3H3. The molecule has 0 N–H and O–H groups in total. The molecule has 0 radical (unpaired) electrons. The van der Waals surface area contributed by atoms with E-state index in [1.165, 1.54) is 25.7 Å². The van der Waals surface area contributed by atoms with E-state index < -0.39 is 0 Å². The minimum absolute atomic E-state index is 0.450. The molecule has 0 spiro atoms. The molecule has 0 aliphatic carbocycles. The Morgan fingerprint density at radius 1 is 1.31 bits per heavy atom. The molecular formula is C11H21BrO. The fourth-order valence-electron chi connectivity index (χ4n) is 2.26. The fraction of sp³-hybridized carbons (Fsp3) is 1.00. The molecule has 1 heterocycles. The largest absolute Gasteiger partial charge is 0.376 e. The molecule has 3 atom stereocenters. The van der Waals surface area contributed by atoms with Gasteiger partial charge in [0, 0.05) is 4.83 Å². The van der Waals surface area contributed by atoms with Crippen molar-refractivity contribution in [1.29, 1.82) is 0 Å². The van der Waals surface area contributed by atoms with Crippen LogP contribution in [0.5, 0.6) is 0 Å². The molecule has 2 heteroatoms. The quantitative estimate of drug-likeness (QED) is 0.692. The Morgan fingerprint density at radius 2 is 1.85 bits per heavy atom. The molecule has 0 amide bonds. The van der Waals surface area contributed by atoms with Gasteiger partial charge in [-0.25, -0.2) is 0 Å². The van der Waals surface area contributed by atoms with E-state index in [9.17, 15) is 0 Å². The maximum atomic E-state index is 5.72. The lowest BCUT2D eigenvalue weighted by Crippen LogP contribution is -2.33. The summed E-state index contributed by atoms with van der Waals surface area (Å²) in [7, 11) is 0. The molecule has 1 aliphatic rings. The summed E-state index contributed by atoms with van der Waals surface area (Å²) in [6.45, 7) is 6.63. The summed E-state index contributed by atoms with van der Waals surface area (Å²) in [5.41, 5.74) is 0. The average Bonchev–Trinajstić information content (AvgIpc) is 2.03. The van der Waals surface area contributed by atoms with Gasteiger partial charge in [-0.1, -0.05) is 29.3 Å². The molecule has 0 aromatic heterocycles. The second kappa shape index (κ2) is 5.35. The number of rotatable bonds is 3. The number of halogens is 1. The molecule has 0 aromatic rings. The van der Waals surface area contributed by atoms with Crippen LogP contribution in [-0.4, -0.2) is 17.0 Å². The predicted molar refractivity (Wildman–Crippen MR) is 60.4 cm³/mol. The third kappa shape index (κ3) is 3.59. The highest BCUT2D eigenvalue weighted by Crippen LogP contribution is 2.32. The lowest BCUT2D eigenvalue weighted by molar-refractivity contribution is -0.0521. The highest BCUT2D eigenvalue weighted by Gasteiger charge is 2.28. The molecule has 0 aromatic carbocycles. The van der Waals surface area contributed by atoms with E-state index in [1.807, 2.05) is 0 Å². The van der Waals surface area contributed by atoms with Gasteiger partial charge in [-0.3, -0.25) is 0 Å². The van der Waals surface area contributed by atoms with Gasteiger partial charge >= 0.3 is 0 Å². The summed E-state index contributed by atoms with van der Waals surface area (Å²) in [5, 5.41) is 0. The van der Waals surface area contributed by atoms with Gasteiger partial charge in [0.1, 0.15) is 0 Å². The van der Waals surface area contributed by atoms with E-state index >= 15 is 0 Å². The number of hydrogen-bond donors (Lipinski definition) is 0. The van der Waals surface area contributed by atoms with Crippen molar-refractivity contribution in [2.75, 3.05) is 0 Å². The first-order valence-electron chi connectivity index (χ1n) is 5.43. The first-order valence-corrected chi connectivity index (χ1v) is 6.34. The lowest BCUT2D eigenvalue weighted by atomic mass is 9.88. The van der Waals surface area contributed by atoms with Crippen LogP contribution in [0.2, 0.25) is 0 Å². The monoisotopic (exact) mass is 248 g/mol. The van der Waals surface area contributed by atoms with E-state index in [-0.39, 0.29) is 0 Å². The number of alkyl halides is 1. The predicted octanol–water partition coefficient (Wildman–Crippen LogP) is 3.75. The Labute approximate surface area is 90.4 Å². The molecular weight excluding hydrogens is 228 g/mol. The molecule has 1 rings (SSSR count). The van der Waals surface area contributed by atoms with Crippen LogP contribution in [0.15, 0.2) is 0 Å². The lowest BCUT2D eigenvalue weighted by Gasteiger charge is -2.34. The van der Waals surface area contributed by atoms with Gasteiger partial charge in [0.05, 0.1) is 12.2 Å². The van der Waals surface area contributed by atoms with E-state index in [0.717, 1.165) is 5.92 Å². The molecule has 78 valence electrons. The van der Waals surface area contributed by atoms with Crippen molar-refractivity contribution in [3.05, 3.63) is 0 Å². The summed E-state index contributed by atoms with van der Waals surface area (Å²) in [5.74, 6) is 0.818. The van der Waals surface area contributed by atoms with Crippen LogP contribution in [-0.2, 0) is 4.74 Å². The fourth-order valence-corrected chi connectivity index (χ4v) is 3.15. The Kier molecular flexibility index (Phi) is 4.74. The summed E-state index contributed by atoms with van der Waals surface area (Å²) >= 11 is 3.80. The first kappa shape index (κ1) is 11.5. The van der Waals surface area contributed by atoms with Gasteiger partial charge in [-0.05, 0) is 39.0 Å². The first-order chi connectivity index (χ1) is 6.13. The zero-order valence-electron chi connectivity index (χ0n) is 8.92. The Hall–Kier alpha value is 0.440. The molecule has 3 unspecified atom stereocenters. The van der Waals surface area contributed by atoms with Gasteiger partial charge < -0.3 is 4.74 Å². The van der Waals surface area contributed by atoms with Gasteiger partial charge in [-0.15, -0.1) is 0 Å². The highest BCUT2D eigenvalue weighted by molar-refractivity contribution is 9.09. The second-order valence-electron chi connectivity index (χ2n) is 4.29. The van der Waals surface area contributed by atoms with Crippen LogP contribution in [0.4, 0.5) is 0 Å². The number of hydrogen-bond acceptors (Lipinski definition) is 1. The second-order valence-corrected chi connectivity index (χ2v) is 5.47. The van der Waals surface area contributed by atoms with Gasteiger partial charge in [-0.2, -0.15) is 0 Å². The van der Waals surface area contributed by atoms with Gasteiger partial charge in [0.2, 0.25) is 0 Å². The third-order valence-electron chi connectivity index (χ3n) is 2.81. The third-order valence-corrected chi connectivity index (χ3v) is 4.02. The SMILES string of the molecule is CCCC(Br)C1CC(C)OC(C)C1. The summed E-state index contributed by atoms with van der Waals surface area (Å²) in [6.07, 6.45) is 5.91. The Bertz CT molecular complexity index is 139. The van der Waals surface area contributed by atoms with E-state index in [4.69, 9.17) is 4.74 Å². The van der Waals surface area contributed by atoms with Crippen molar-refractivity contribution in [3.8, 4) is 0 Å². The van der Waals surface area contributed by atoms with E-state index in [0.29, 0.717) is 17.0 Å². The summed E-state index contributed by atoms with van der Waals surface area (Å²) in [6, 6.07) is 0. The average molecular weight is 249 g/mol. The van der Waals surface area contributed by atoms with Crippen molar-refractivity contribution < 1.29 is 4.74 Å². The van der Waals surface area contributed by atoms with Crippen LogP contribution in [0, 0.1) is 5.92 Å². The van der Waals surface area contributed by atoms with E-state index in [2.05, 4.69) is 36.7 Å². The summed E-state index contributed by atoms with van der Waals surface area (Å²) < 4.78 is 5.72. The molecule has 1 nitrogen and oxygen atoms in total. The van der Waals surface area contributed by atoms with Crippen LogP contribution < -0.4 is 0 Å². The number of ether oxygens (including phenoxy) is 1. The maximum absolute atomic E-state index is 5.72. The van der Waals surface area contributed by atoms with E-state index in [1.54, 1.807) is 0 Å². The van der Waals surface area contributed by atoms with Crippen molar-refractivity contribution in [1.82, 2.24) is 0 Å². The molecule has 1 aliphatic heterocycles. The zero-order valence-corrected chi connectivity index (χ0v) is 10.5. The summed E-state index contributed by atoms with van der Waals surface area (Å²) in [4.78, 5) is 0.700. The minimum atomic E-state index is 0.450. The molecule has 1 fully saturated rings. The van der Waals surface area contributed by atoms with Crippen molar-refractivity contribution in [2.24, 2.45) is 5.92 Å². The zero-order chi connectivity index (χ0) is 9.84. The Morgan fingerprint density at radius 3 is 2.31 bits per heavy atom. The van der Waals surface area contributed by atoms with Crippen LogP contribution >= 0.6 is 15.9 Å². The molecule has 0 bridgehead atoms. The van der Waals surface area contributed by atoms with Crippen molar-refractivity contribution >= 4 is 15.9 Å². The van der Waals surface area contributed by atoms with Crippen molar-refractivity contribution in [2.45, 2.75) is 63.5 Å². The van der Waals surface area contributed by atoms with Crippen molar-refractivity contribution in [3.63, 3.8) is 0 Å². The normalized spacial score (nSPS) is 37.4. The molecule has 13 heavy (non-hydrogen) atoms. The topological polar surface area (TPSA) is 9.23 Å². The molecule has 0 saturated carbocycles. The molecule has 1 saturated heterocycles. The minimum Gasteiger partial charge on any atom is -0.376 e. The van der Waals surface area contributed by atoms with Crippen LogP contribution in [0.25, 0.3) is 0 Å². The Balaban J connectivity index is 2.40. The van der Waals surface area contributed by atoms with Gasteiger partial charge in [0.25, 0.3) is 0 Å².